The van der Waals surface area contributed by atoms with Gasteiger partial charge in [-0.05, 0) is 65.1 Å². The van der Waals surface area contributed by atoms with Crippen molar-refractivity contribution in [3.8, 4) is 0 Å². The Labute approximate surface area is 157 Å². The van der Waals surface area contributed by atoms with Gasteiger partial charge in [0.15, 0.2) is 5.82 Å². The van der Waals surface area contributed by atoms with Crippen LogP contribution in [0.25, 0.3) is 0 Å². The Morgan fingerprint density at radius 2 is 1.96 bits per heavy atom. The Balaban J connectivity index is 1.47. The lowest BCUT2D eigenvalue weighted by atomic mass is 9.90. The number of nitrogens with one attached hydrogen (secondary N) is 2. The van der Waals surface area contributed by atoms with Gasteiger partial charge in [0.05, 0.1) is 5.69 Å². The molecule has 6 heteroatoms. The molecule has 0 bridgehead atoms. The molecule has 1 aromatic rings. The second kappa shape index (κ2) is 8.19. The molecule has 0 radical (unpaired) electrons. The Morgan fingerprint density at radius 1 is 1.15 bits per heavy atom. The number of hydrogen-bond donors (Lipinski definition) is 2. The summed E-state index contributed by atoms with van der Waals surface area (Å²) in [5.41, 5.74) is 2.97. The third-order valence-corrected chi connectivity index (χ3v) is 6.36. The Bertz CT molecular complexity index is 610. The molecule has 0 amide bonds. The van der Waals surface area contributed by atoms with Gasteiger partial charge in [0.2, 0.25) is 0 Å². The molecule has 0 aromatic carbocycles. The number of anilines is 1. The molecular weight excluding hydrogens is 326 g/mol. The monoisotopic (exact) mass is 359 g/mol. The number of ether oxygens (including phenoxy) is 1. The smallest absolute Gasteiger partial charge is 0.156 e. The van der Waals surface area contributed by atoms with Gasteiger partial charge in [0.25, 0.3) is 0 Å². The van der Waals surface area contributed by atoms with Crippen LogP contribution in [-0.2, 0) is 24.2 Å². The summed E-state index contributed by atoms with van der Waals surface area (Å²) >= 11 is 0. The van der Waals surface area contributed by atoms with Gasteiger partial charge >= 0.3 is 0 Å². The summed E-state index contributed by atoms with van der Waals surface area (Å²) in [7, 11) is 0. The van der Waals surface area contributed by atoms with Crippen molar-refractivity contribution >= 4 is 5.82 Å². The summed E-state index contributed by atoms with van der Waals surface area (Å²) in [5.74, 6) is 1.86. The van der Waals surface area contributed by atoms with E-state index in [4.69, 9.17) is 14.7 Å². The third-order valence-electron chi connectivity index (χ3n) is 6.36. The first-order valence-electron chi connectivity index (χ1n) is 10.5. The van der Waals surface area contributed by atoms with Crippen LogP contribution in [0.5, 0.6) is 0 Å². The van der Waals surface area contributed by atoms with Crippen molar-refractivity contribution in [3.05, 3.63) is 17.1 Å². The van der Waals surface area contributed by atoms with Crippen LogP contribution in [0.1, 0.15) is 56.1 Å². The average Bonchev–Trinajstić information content (AvgIpc) is 3.12. The molecule has 2 N–H and O–H groups in total. The van der Waals surface area contributed by atoms with Crippen LogP contribution in [-0.4, -0.2) is 59.7 Å². The zero-order valence-electron chi connectivity index (χ0n) is 16.1. The lowest BCUT2D eigenvalue weighted by molar-refractivity contribution is 0.128. The predicted octanol–water partition coefficient (Wildman–Crippen LogP) is 2.13. The maximum Gasteiger partial charge on any atom is 0.156 e. The Hall–Kier alpha value is -1.24. The summed E-state index contributed by atoms with van der Waals surface area (Å²) in [6.45, 7) is 8.82. The maximum atomic E-state index is 5.56. The van der Waals surface area contributed by atoms with Crippen molar-refractivity contribution in [2.75, 3.05) is 44.6 Å². The van der Waals surface area contributed by atoms with Crippen LogP contribution in [0.15, 0.2) is 0 Å². The minimum Gasteiger partial charge on any atom is -0.374 e. The van der Waals surface area contributed by atoms with E-state index in [1.807, 2.05) is 6.92 Å². The molecule has 4 heterocycles. The molecule has 3 aliphatic rings. The van der Waals surface area contributed by atoms with Crippen LogP contribution in [0.4, 0.5) is 5.82 Å². The van der Waals surface area contributed by atoms with E-state index < -0.39 is 0 Å². The molecule has 2 saturated heterocycles. The van der Waals surface area contributed by atoms with E-state index >= 15 is 0 Å². The fraction of sp³-hybridized carbons (Fsp3) is 0.800. The van der Waals surface area contributed by atoms with Crippen molar-refractivity contribution in [2.24, 2.45) is 0 Å². The first-order valence-corrected chi connectivity index (χ1v) is 10.5. The van der Waals surface area contributed by atoms with E-state index in [0.717, 1.165) is 44.1 Å². The quantitative estimate of drug-likeness (QED) is 0.778. The van der Waals surface area contributed by atoms with Gasteiger partial charge < -0.3 is 15.4 Å². The zero-order chi connectivity index (χ0) is 17.8. The minimum absolute atomic E-state index is 0.465. The second-order valence-electron chi connectivity index (χ2n) is 7.90. The molecule has 0 unspecified atom stereocenters. The number of nitrogens with zero attached hydrogens (tertiary/aromatic N) is 3. The van der Waals surface area contributed by atoms with Crippen molar-refractivity contribution in [1.82, 2.24) is 20.2 Å². The van der Waals surface area contributed by atoms with Crippen molar-refractivity contribution < 1.29 is 4.74 Å². The summed E-state index contributed by atoms with van der Waals surface area (Å²) in [6, 6.07) is 0. The Kier molecular flexibility index (Phi) is 5.72. The normalized spacial score (nSPS) is 22.0. The highest BCUT2D eigenvalue weighted by Crippen LogP contribution is 2.41. The molecule has 0 aliphatic carbocycles. The maximum absolute atomic E-state index is 5.56. The fourth-order valence-electron chi connectivity index (χ4n) is 5.05. The van der Waals surface area contributed by atoms with E-state index in [1.165, 1.54) is 56.5 Å². The highest BCUT2D eigenvalue weighted by atomic mass is 16.5. The zero-order valence-corrected chi connectivity index (χ0v) is 16.1. The largest absolute Gasteiger partial charge is 0.374 e. The minimum atomic E-state index is 0.465. The van der Waals surface area contributed by atoms with Gasteiger partial charge in [-0.25, -0.2) is 9.97 Å². The summed E-state index contributed by atoms with van der Waals surface area (Å²) < 4.78 is 5.56. The number of aromatic nitrogens is 2. The molecule has 144 valence electrons. The first kappa shape index (κ1) is 18.1. The second-order valence-corrected chi connectivity index (χ2v) is 7.90. The number of hydrogen-bond acceptors (Lipinski definition) is 6. The van der Waals surface area contributed by atoms with Gasteiger partial charge in [-0.15, -0.1) is 0 Å². The van der Waals surface area contributed by atoms with Crippen LogP contribution >= 0.6 is 0 Å². The number of fused-ring (bicyclic) bond motifs is 2. The average molecular weight is 360 g/mol. The molecule has 2 fully saturated rings. The molecule has 3 aliphatic heterocycles. The van der Waals surface area contributed by atoms with Crippen molar-refractivity contribution in [1.29, 1.82) is 0 Å². The molecule has 0 saturated carbocycles. The lowest BCUT2D eigenvalue weighted by Crippen LogP contribution is -2.39. The third kappa shape index (κ3) is 3.73. The fourth-order valence-corrected chi connectivity index (χ4v) is 5.05. The summed E-state index contributed by atoms with van der Waals surface area (Å²) in [5, 5.41) is 7.17. The Morgan fingerprint density at radius 3 is 2.77 bits per heavy atom. The van der Waals surface area contributed by atoms with Crippen LogP contribution in [0.2, 0.25) is 0 Å². The predicted molar refractivity (Wildman–Crippen MR) is 104 cm³/mol. The molecule has 1 aromatic heterocycles. The van der Waals surface area contributed by atoms with E-state index in [2.05, 4.69) is 15.5 Å². The molecule has 6 nitrogen and oxygen atoms in total. The van der Waals surface area contributed by atoms with Gasteiger partial charge in [0.1, 0.15) is 12.4 Å². The highest BCUT2D eigenvalue weighted by Gasteiger charge is 2.43. The first-order chi connectivity index (χ1) is 12.8. The van der Waals surface area contributed by atoms with Gasteiger partial charge in [-0.3, -0.25) is 4.90 Å². The molecule has 26 heavy (non-hydrogen) atoms. The van der Waals surface area contributed by atoms with Crippen LogP contribution in [0, 0.1) is 0 Å². The van der Waals surface area contributed by atoms with E-state index in [-0.39, 0.29) is 0 Å². The standard InChI is InChI=1S/C20H33N5O/c1-2-26-15-18-23-17-6-11-21-10-5-16(17)19(24-18)22-12-9-20-7-3-13-25(20)14-4-8-20/h21H,2-15H2,1H3,(H,22,23,24). The molecular formula is C20H33N5O. The van der Waals surface area contributed by atoms with E-state index in [1.54, 1.807) is 0 Å². The highest BCUT2D eigenvalue weighted by molar-refractivity contribution is 5.47. The van der Waals surface area contributed by atoms with E-state index in [9.17, 15) is 0 Å². The topological polar surface area (TPSA) is 62.3 Å². The molecule has 0 spiro atoms. The number of rotatable bonds is 7. The lowest BCUT2D eigenvalue weighted by Gasteiger charge is -2.32. The summed E-state index contributed by atoms with van der Waals surface area (Å²) in [4.78, 5) is 12.3. The van der Waals surface area contributed by atoms with Gasteiger partial charge in [0, 0.05) is 37.2 Å². The van der Waals surface area contributed by atoms with Gasteiger partial charge in [-0.1, -0.05) is 0 Å². The molecule has 4 rings (SSSR count). The SMILES string of the molecule is CCOCc1nc2c(c(NCCC34CCCN3CCC4)n1)CCNCC2. The molecule has 0 atom stereocenters. The van der Waals surface area contributed by atoms with Crippen molar-refractivity contribution in [2.45, 2.75) is 64.0 Å². The van der Waals surface area contributed by atoms with Crippen LogP contribution in [0.3, 0.4) is 0 Å². The van der Waals surface area contributed by atoms with Crippen molar-refractivity contribution in [3.63, 3.8) is 0 Å². The van der Waals surface area contributed by atoms with Gasteiger partial charge in [-0.2, -0.15) is 0 Å². The van der Waals surface area contributed by atoms with Crippen LogP contribution < -0.4 is 10.6 Å². The van der Waals surface area contributed by atoms with E-state index in [0.29, 0.717) is 18.8 Å². The summed E-state index contributed by atoms with van der Waals surface area (Å²) in [6.07, 6.45) is 8.68.